The molecule has 0 aromatic rings. The van der Waals surface area contributed by atoms with Crippen molar-refractivity contribution >= 4 is 5.97 Å². The Balaban J connectivity index is 1.15. The molecule has 0 radical (unpaired) electrons. The number of fused-ring (bicyclic) bond motifs is 4. The van der Waals surface area contributed by atoms with Gasteiger partial charge in [0.25, 0.3) is 0 Å². The van der Waals surface area contributed by atoms with E-state index in [0.29, 0.717) is 35.7 Å². The van der Waals surface area contributed by atoms with Crippen LogP contribution in [-0.2, 0) is 19.0 Å². The van der Waals surface area contributed by atoms with Crippen LogP contribution in [0.4, 0.5) is 0 Å². The third-order valence-electron chi connectivity index (χ3n) is 15.7. The number of aliphatic hydroxyl groups excluding tert-OH is 1. The Morgan fingerprint density at radius 1 is 1.05 bits per heavy atom. The lowest BCUT2D eigenvalue weighted by molar-refractivity contribution is -0.215. The third kappa shape index (κ3) is 4.00. The molecule has 2 spiro atoms. The average molecular weight is 616 g/mol. The van der Waals surface area contributed by atoms with Crippen LogP contribution in [0.5, 0.6) is 0 Å². The van der Waals surface area contributed by atoms with Crippen molar-refractivity contribution in [3.63, 3.8) is 0 Å². The Bertz CT molecular complexity index is 1150. The minimum Gasteiger partial charge on any atom is -0.461 e. The summed E-state index contributed by atoms with van der Waals surface area (Å²) in [7, 11) is 0. The first-order valence-electron chi connectivity index (χ1n) is 18.2. The van der Waals surface area contributed by atoms with Crippen molar-refractivity contribution in [3.05, 3.63) is 0 Å². The summed E-state index contributed by atoms with van der Waals surface area (Å²) in [6, 6.07) is -0.135. The first-order chi connectivity index (χ1) is 20.6. The molecule has 7 rings (SSSR count). The summed E-state index contributed by atoms with van der Waals surface area (Å²) in [6.07, 6.45) is 9.35. The number of hydrogen-bond donors (Lipinski definition) is 3. The monoisotopic (exact) mass is 615 g/mol. The second-order valence-corrected chi connectivity index (χ2v) is 18.2. The van der Waals surface area contributed by atoms with Gasteiger partial charge in [-0.25, -0.2) is 0 Å². The summed E-state index contributed by atoms with van der Waals surface area (Å²) >= 11 is 0. The van der Waals surface area contributed by atoms with E-state index < -0.39 is 17.8 Å². The SMILES string of the molecule is CCO[C@@H]([C@H]1C[C@@H](C)[C@H]2[C@H](O1)[C@H](O)[C@@]1(C)[C@@H]3CC[C@H]4C(C)(C)[C@@H](OC(=O)[C@H]5CCCN5)CCC45C[C@@]35CC[C@]21C)C(C)(C)O. The van der Waals surface area contributed by atoms with Crippen LogP contribution in [0.2, 0.25) is 0 Å². The fourth-order valence-electron chi connectivity index (χ4n) is 13.8. The topological polar surface area (TPSA) is 97.3 Å². The van der Waals surface area contributed by atoms with Crippen LogP contribution in [0, 0.1) is 50.7 Å². The van der Waals surface area contributed by atoms with Gasteiger partial charge in [0.05, 0.1) is 23.9 Å². The van der Waals surface area contributed by atoms with Crippen LogP contribution in [-0.4, -0.2) is 71.5 Å². The van der Waals surface area contributed by atoms with Gasteiger partial charge in [-0.3, -0.25) is 4.79 Å². The zero-order valence-electron chi connectivity index (χ0n) is 28.8. The van der Waals surface area contributed by atoms with Crippen LogP contribution in [0.3, 0.4) is 0 Å². The van der Waals surface area contributed by atoms with Gasteiger partial charge < -0.3 is 29.7 Å². The van der Waals surface area contributed by atoms with E-state index in [1.54, 1.807) is 0 Å². The molecule has 7 aliphatic rings. The van der Waals surface area contributed by atoms with Crippen LogP contribution in [0.25, 0.3) is 0 Å². The number of nitrogens with one attached hydrogen (secondary N) is 1. The quantitative estimate of drug-likeness (QED) is 0.333. The summed E-state index contributed by atoms with van der Waals surface area (Å²) in [6.45, 7) is 19.1. The van der Waals surface area contributed by atoms with Gasteiger partial charge in [0.15, 0.2) is 0 Å². The molecule has 0 aromatic carbocycles. The predicted molar refractivity (Wildman–Crippen MR) is 169 cm³/mol. The van der Waals surface area contributed by atoms with E-state index in [9.17, 15) is 15.0 Å². The molecule has 0 aromatic heterocycles. The maximum atomic E-state index is 13.1. The number of ether oxygens (including phenoxy) is 3. The molecule has 5 aliphatic carbocycles. The van der Waals surface area contributed by atoms with Gasteiger partial charge in [-0.1, -0.05) is 34.6 Å². The Morgan fingerprint density at radius 2 is 1.75 bits per heavy atom. The lowest BCUT2D eigenvalue weighted by Gasteiger charge is -2.63. The van der Waals surface area contributed by atoms with Gasteiger partial charge in [0.1, 0.15) is 18.2 Å². The second kappa shape index (κ2) is 10.1. The summed E-state index contributed by atoms with van der Waals surface area (Å²) in [5.74, 6) is 1.64. The second-order valence-electron chi connectivity index (χ2n) is 18.2. The maximum absolute atomic E-state index is 13.1. The zero-order valence-corrected chi connectivity index (χ0v) is 28.8. The summed E-state index contributed by atoms with van der Waals surface area (Å²) in [5.41, 5.74) is -0.742. The highest BCUT2D eigenvalue weighted by Gasteiger charge is 2.84. The number of carbonyl (C=O) groups is 1. The normalized spacial score (nSPS) is 53.0. The highest BCUT2D eigenvalue weighted by molar-refractivity contribution is 5.76. The van der Waals surface area contributed by atoms with Gasteiger partial charge >= 0.3 is 5.97 Å². The van der Waals surface area contributed by atoms with Crippen LogP contribution >= 0.6 is 0 Å². The Morgan fingerprint density at radius 3 is 2.41 bits per heavy atom. The number of aliphatic hydroxyl groups is 2. The molecule has 7 heteroatoms. The molecule has 7 fully saturated rings. The highest BCUT2D eigenvalue weighted by atomic mass is 16.6. The molecular formula is C37H61NO6. The van der Waals surface area contributed by atoms with Crippen molar-refractivity contribution in [2.24, 2.45) is 50.7 Å². The van der Waals surface area contributed by atoms with Gasteiger partial charge in [-0.15, -0.1) is 0 Å². The summed E-state index contributed by atoms with van der Waals surface area (Å²) in [4.78, 5) is 13.1. The number of esters is 1. The van der Waals surface area contributed by atoms with Crippen molar-refractivity contribution in [2.45, 2.75) is 162 Å². The number of carbonyl (C=O) groups excluding carboxylic acids is 1. The molecular weight excluding hydrogens is 554 g/mol. The fourth-order valence-corrected chi connectivity index (χ4v) is 13.8. The van der Waals surface area contributed by atoms with Crippen LogP contribution < -0.4 is 5.32 Å². The van der Waals surface area contributed by atoms with E-state index in [1.807, 2.05) is 20.8 Å². The molecule has 5 saturated carbocycles. The van der Waals surface area contributed by atoms with Crippen LogP contribution in [0.15, 0.2) is 0 Å². The average Bonchev–Trinajstić information content (AvgIpc) is 3.21. The van der Waals surface area contributed by atoms with Crippen LogP contribution in [0.1, 0.15) is 120 Å². The molecule has 14 atom stereocenters. The molecule has 3 N–H and O–H groups in total. The van der Waals surface area contributed by atoms with Gasteiger partial charge in [0.2, 0.25) is 0 Å². The molecule has 1 unspecified atom stereocenters. The molecule has 44 heavy (non-hydrogen) atoms. The Labute approximate surface area is 265 Å². The van der Waals surface area contributed by atoms with E-state index in [1.165, 1.54) is 12.8 Å². The zero-order chi connectivity index (χ0) is 31.7. The van der Waals surface area contributed by atoms with Crippen molar-refractivity contribution in [3.8, 4) is 0 Å². The molecule has 2 saturated heterocycles. The lowest BCUT2D eigenvalue weighted by atomic mass is 9.41. The number of hydrogen-bond acceptors (Lipinski definition) is 7. The third-order valence-corrected chi connectivity index (χ3v) is 15.7. The van der Waals surface area contributed by atoms with E-state index in [4.69, 9.17) is 14.2 Å². The highest BCUT2D eigenvalue weighted by Crippen LogP contribution is 2.89. The largest absolute Gasteiger partial charge is 0.461 e. The summed E-state index contributed by atoms with van der Waals surface area (Å²) in [5, 5.41) is 26.9. The first-order valence-corrected chi connectivity index (χ1v) is 18.2. The Hall–Kier alpha value is -0.730. The van der Waals surface area contributed by atoms with Crippen molar-refractivity contribution in [1.29, 1.82) is 0 Å². The lowest BCUT2D eigenvalue weighted by Crippen LogP contribution is -2.60. The van der Waals surface area contributed by atoms with Crippen molar-refractivity contribution in [2.75, 3.05) is 13.2 Å². The minimum absolute atomic E-state index is 0.000375. The smallest absolute Gasteiger partial charge is 0.323 e. The standard InChI is InChI=1S/C37H61NO6/c1-9-42-30(33(5,6)41)23-19-21(2)27-28(43-23)29(39)35(8)25-13-12-24-32(3,4)26(44-31(40)22-11-10-18-38-22)14-15-36(24)20-37(25,36)17-16-34(27,35)7/h21-30,38-39,41H,9-20H2,1-8H3/t21-,22-,23-,24+,25+,26+,27+,28+,29+,30+,34-,35-,36?,37+/m1/s1. The molecule has 7 nitrogen and oxygen atoms in total. The first kappa shape index (κ1) is 31.8. The molecule has 0 amide bonds. The van der Waals surface area contributed by atoms with E-state index in [2.05, 4.69) is 39.9 Å². The Kier molecular flexibility index (Phi) is 7.34. The molecule has 2 heterocycles. The number of rotatable bonds is 6. The maximum Gasteiger partial charge on any atom is 0.323 e. The summed E-state index contributed by atoms with van der Waals surface area (Å²) < 4.78 is 19.3. The molecule has 2 aliphatic heterocycles. The van der Waals surface area contributed by atoms with Gasteiger partial charge in [-0.2, -0.15) is 0 Å². The van der Waals surface area contributed by atoms with E-state index >= 15 is 0 Å². The van der Waals surface area contributed by atoms with Crippen molar-refractivity contribution < 1.29 is 29.2 Å². The van der Waals surface area contributed by atoms with E-state index in [-0.39, 0.29) is 52.0 Å². The van der Waals surface area contributed by atoms with Crippen molar-refractivity contribution in [1.82, 2.24) is 5.32 Å². The van der Waals surface area contributed by atoms with Gasteiger partial charge in [0, 0.05) is 17.4 Å². The molecule has 250 valence electrons. The van der Waals surface area contributed by atoms with Gasteiger partial charge in [-0.05, 0) is 131 Å². The predicted octanol–water partition coefficient (Wildman–Crippen LogP) is 5.64. The fraction of sp³-hybridized carbons (Fsp3) is 0.973. The minimum atomic E-state index is -1.02. The molecule has 0 bridgehead atoms. The van der Waals surface area contributed by atoms with E-state index in [0.717, 1.165) is 57.9 Å².